The van der Waals surface area contributed by atoms with E-state index in [9.17, 15) is 4.79 Å². The molecule has 4 heterocycles. The van der Waals surface area contributed by atoms with Crippen LogP contribution in [0.5, 0.6) is 0 Å². The molecule has 1 aromatic carbocycles. The van der Waals surface area contributed by atoms with Crippen molar-refractivity contribution in [1.29, 1.82) is 0 Å². The number of carbonyl (C=O) groups excluding carboxylic acids is 1. The van der Waals surface area contributed by atoms with Crippen LogP contribution in [0.25, 0.3) is 10.1 Å². The fourth-order valence-electron chi connectivity index (χ4n) is 4.25. The highest BCUT2D eigenvalue weighted by Gasteiger charge is 2.48. The number of fused-ring (bicyclic) bond motifs is 4. The van der Waals surface area contributed by atoms with Gasteiger partial charge in [-0.1, -0.05) is 6.07 Å². The Hall–Kier alpha value is -1.59. The van der Waals surface area contributed by atoms with Gasteiger partial charge in [-0.3, -0.25) is 9.69 Å². The van der Waals surface area contributed by atoms with Crippen LogP contribution in [0, 0.1) is 5.92 Å². The monoisotopic (exact) mass is 329 g/mol. The van der Waals surface area contributed by atoms with Crippen LogP contribution in [0.2, 0.25) is 0 Å². The quantitative estimate of drug-likeness (QED) is 0.833. The molecule has 2 bridgehead atoms. The lowest BCUT2D eigenvalue weighted by molar-refractivity contribution is -0.0377. The van der Waals surface area contributed by atoms with E-state index in [1.807, 2.05) is 24.3 Å². The molecule has 122 valence electrons. The van der Waals surface area contributed by atoms with E-state index in [1.165, 1.54) is 24.2 Å². The van der Waals surface area contributed by atoms with Gasteiger partial charge in [0.25, 0.3) is 5.91 Å². The van der Waals surface area contributed by atoms with Crippen LogP contribution < -0.4 is 11.1 Å². The highest BCUT2D eigenvalue weighted by atomic mass is 32.1. The summed E-state index contributed by atoms with van der Waals surface area (Å²) in [4.78, 5) is 16.1. The summed E-state index contributed by atoms with van der Waals surface area (Å²) in [5, 5.41) is 4.42. The van der Waals surface area contributed by atoms with Gasteiger partial charge in [0.15, 0.2) is 0 Å². The molecule has 3 N–H and O–H groups in total. The van der Waals surface area contributed by atoms with Gasteiger partial charge in [0.05, 0.1) is 4.88 Å². The molecule has 0 unspecified atom stereocenters. The van der Waals surface area contributed by atoms with Crippen molar-refractivity contribution in [3.05, 3.63) is 29.1 Å². The highest BCUT2D eigenvalue weighted by Crippen LogP contribution is 2.39. The third-order valence-corrected chi connectivity index (χ3v) is 6.74. The standard InChI is InChI=1S/C18H23N3OS/c1-18(2)16(11-5-7-21(18)8-6-11)20-17(22)15-9-12-3-4-13(19)10-14(12)23-15/h3-4,9-11,16H,5-8,19H2,1-2H3,(H,20,22)/t16-/m1/s1. The summed E-state index contributed by atoms with van der Waals surface area (Å²) in [5.74, 6) is 0.653. The summed E-state index contributed by atoms with van der Waals surface area (Å²) in [6, 6.07) is 8.01. The van der Waals surface area contributed by atoms with Crippen molar-refractivity contribution in [1.82, 2.24) is 10.2 Å². The summed E-state index contributed by atoms with van der Waals surface area (Å²) in [5.41, 5.74) is 6.62. The van der Waals surface area contributed by atoms with Gasteiger partial charge >= 0.3 is 0 Å². The largest absolute Gasteiger partial charge is 0.399 e. The molecule has 4 nitrogen and oxygen atoms in total. The Bertz CT molecular complexity index is 759. The van der Waals surface area contributed by atoms with Gasteiger partial charge < -0.3 is 11.1 Å². The maximum Gasteiger partial charge on any atom is 0.261 e. The highest BCUT2D eigenvalue weighted by molar-refractivity contribution is 7.20. The molecule has 3 saturated heterocycles. The molecule has 3 fully saturated rings. The van der Waals surface area contributed by atoms with Crippen molar-refractivity contribution < 1.29 is 4.79 Å². The van der Waals surface area contributed by atoms with Crippen molar-refractivity contribution in [2.75, 3.05) is 18.8 Å². The molecule has 1 amide bonds. The predicted molar refractivity (Wildman–Crippen MR) is 95.9 cm³/mol. The van der Waals surface area contributed by atoms with Crippen LogP contribution in [0.1, 0.15) is 36.4 Å². The van der Waals surface area contributed by atoms with Crippen LogP contribution in [0.3, 0.4) is 0 Å². The third-order valence-electron chi connectivity index (χ3n) is 5.64. The van der Waals surface area contributed by atoms with Crippen LogP contribution in [0.15, 0.2) is 24.3 Å². The first-order valence-corrected chi connectivity index (χ1v) is 9.12. The Morgan fingerprint density at radius 3 is 2.74 bits per heavy atom. The van der Waals surface area contributed by atoms with Gasteiger partial charge in [0.2, 0.25) is 0 Å². The molecule has 0 aliphatic carbocycles. The maximum atomic E-state index is 12.8. The molecule has 0 spiro atoms. The summed E-state index contributed by atoms with van der Waals surface area (Å²) in [6.07, 6.45) is 2.38. The number of amides is 1. The number of piperidine rings is 3. The SMILES string of the molecule is CC1(C)[C@H](NC(=O)c2cc3ccc(N)cc3s2)C2CCN1CC2. The van der Waals surface area contributed by atoms with Crippen molar-refractivity contribution in [2.24, 2.45) is 5.92 Å². The van der Waals surface area contributed by atoms with Crippen LogP contribution in [0.4, 0.5) is 5.69 Å². The predicted octanol–water partition coefficient (Wildman–Crippen LogP) is 3.09. The summed E-state index contributed by atoms with van der Waals surface area (Å²) >= 11 is 1.52. The first-order valence-electron chi connectivity index (χ1n) is 8.30. The zero-order chi connectivity index (χ0) is 16.2. The van der Waals surface area contributed by atoms with Gasteiger partial charge in [-0.25, -0.2) is 0 Å². The second-order valence-corrected chi connectivity index (χ2v) is 8.42. The molecule has 1 aromatic heterocycles. The van der Waals surface area contributed by atoms with Gasteiger partial charge in [-0.15, -0.1) is 11.3 Å². The number of hydrogen-bond acceptors (Lipinski definition) is 4. The van der Waals surface area contributed by atoms with Gasteiger partial charge in [-0.2, -0.15) is 0 Å². The number of nitrogen functional groups attached to an aromatic ring is 1. The lowest BCUT2D eigenvalue weighted by Crippen LogP contribution is -2.69. The number of anilines is 1. The Morgan fingerprint density at radius 2 is 2.04 bits per heavy atom. The number of nitrogens with one attached hydrogen (secondary N) is 1. The van der Waals surface area contributed by atoms with E-state index in [0.29, 0.717) is 5.92 Å². The molecule has 3 aliphatic rings. The fraction of sp³-hybridized carbons (Fsp3) is 0.500. The topological polar surface area (TPSA) is 58.4 Å². The zero-order valence-corrected chi connectivity index (χ0v) is 14.5. The molecule has 5 heteroatoms. The normalized spacial score (nSPS) is 28.9. The van der Waals surface area contributed by atoms with Crippen molar-refractivity contribution in [2.45, 2.75) is 38.3 Å². The van der Waals surface area contributed by atoms with E-state index in [4.69, 9.17) is 5.73 Å². The molecular weight excluding hydrogens is 306 g/mol. The number of nitrogens with two attached hydrogens (primary N) is 1. The van der Waals surface area contributed by atoms with E-state index in [0.717, 1.165) is 33.7 Å². The Balaban J connectivity index is 1.59. The van der Waals surface area contributed by atoms with Crippen molar-refractivity contribution >= 4 is 33.0 Å². The van der Waals surface area contributed by atoms with Gasteiger partial charge in [-0.05, 0) is 69.3 Å². The van der Waals surface area contributed by atoms with Gasteiger partial charge in [0, 0.05) is 22.0 Å². The zero-order valence-electron chi connectivity index (χ0n) is 13.6. The molecule has 3 aliphatic heterocycles. The number of thiophene rings is 1. The Kier molecular flexibility index (Phi) is 3.39. The van der Waals surface area contributed by atoms with Gasteiger partial charge in [0.1, 0.15) is 0 Å². The maximum absolute atomic E-state index is 12.8. The minimum absolute atomic E-state index is 0.0396. The number of hydrogen-bond donors (Lipinski definition) is 2. The third kappa shape index (κ3) is 2.42. The average molecular weight is 329 g/mol. The number of carbonyl (C=O) groups is 1. The van der Waals surface area contributed by atoms with Crippen LogP contribution in [-0.4, -0.2) is 35.5 Å². The minimum atomic E-state index is 0.0396. The Labute approximate surface area is 140 Å². The first-order chi connectivity index (χ1) is 10.9. The lowest BCUT2D eigenvalue weighted by Gasteiger charge is -2.56. The molecule has 0 saturated carbocycles. The molecule has 2 aromatic rings. The van der Waals surface area contributed by atoms with E-state index in [-0.39, 0.29) is 17.5 Å². The first kappa shape index (κ1) is 15.0. The van der Waals surface area contributed by atoms with Crippen molar-refractivity contribution in [3.8, 4) is 0 Å². The average Bonchev–Trinajstić information content (AvgIpc) is 2.94. The van der Waals surface area contributed by atoms with Crippen LogP contribution in [-0.2, 0) is 0 Å². The molecule has 5 rings (SSSR count). The van der Waals surface area contributed by atoms with E-state index >= 15 is 0 Å². The number of benzene rings is 1. The second kappa shape index (κ2) is 5.21. The minimum Gasteiger partial charge on any atom is -0.399 e. The number of rotatable bonds is 2. The van der Waals surface area contributed by atoms with Crippen LogP contribution >= 0.6 is 11.3 Å². The fourth-order valence-corrected chi connectivity index (χ4v) is 5.26. The summed E-state index contributed by atoms with van der Waals surface area (Å²) < 4.78 is 1.07. The molecule has 0 radical (unpaired) electrons. The molecule has 23 heavy (non-hydrogen) atoms. The molecular formula is C18H23N3OS. The smallest absolute Gasteiger partial charge is 0.261 e. The molecule has 1 atom stereocenters. The Morgan fingerprint density at radius 1 is 1.30 bits per heavy atom. The lowest BCUT2D eigenvalue weighted by atomic mass is 9.72. The van der Waals surface area contributed by atoms with E-state index < -0.39 is 0 Å². The summed E-state index contributed by atoms with van der Waals surface area (Å²) in [6.45, 7) is 6.84. The van der Waals surface area contributed by atoms with E-state index in [2.05, 4.69) is 24.1 Å². The van der Waals surface area contributed by atoms with Crippen molar-refractivity contribution in [3.63, 3.8) is 0 Å². The summed E-state index contributed by atoms with van der Waals surface area (Å²) in [7, 11) is 0. The number of nitrogens with zero attached hydrogens (tertiary/aromatic N) is 1. The van der Waals surface area contributed by atoms with E-state index in [1.54, 1.807) is 0 Å². The second-order valence-electron chi connectivity index (χ2n) is 7.34.